The first-order valence-corrected chi connectivity index (χ1v) is 26.7. The number of amides is 3. The van der Waals surface area contributed by atoms with Crippen molar-refractivity contribution in [3.8, 4) is 32.3 Å². The number of aryl methyl sites for hydroxylation is 3. The van der Waals surface area contributed by atoms with Crippen LogP contribution in [0.3, 0.4) is 0 Å². The minimum Gasteiger partial charge on any atom is -0.490 e. The third kappa shape index (κ3) is 10.1. The highest BCUT2D eigenvalue weighted by Crippen LogP contribution is 2.40. The number of likely N-dealkylation sites (tertiary alicyclic amines) is 1. The minimum absolute atomic E-state index is 0.00847. The van der Waals surface area contributed by atoms with Gasteiger partial charge in [-0.25, -0.2) is 4.39 Å². The van der Waals surface area contributed by atoms with Crippen LogP contribution in [0.5, 0.6) is 5.75 Å². The Hall–Kier alpha value is -6.53. The highest BCUT2D eigenvalue weighted by molar-refractivity contribution is 7.15. The number of thiophene rings is 2. The van der Waals surface area contributed by atoms with E-state index in [0.29, 0.717) is 46.4 Å². The van der Waals surface area contributed by atoms with Crippen molar-refractivity contribution in [3.63, 3.8) is 0 Å². The molecule has 3 N–H and O–H groups in total. The summed E-state index contributed by atoms with van der Waals surface area (Å²) in [5.41, 5.74) is 8.08. The van der Waals surface area contributed by atoms with E-state index in [1.54, 1.807) is 45.8 Å². The fourth-order valence-corrected chi connectivity index (χ4v) is 12.4. The molecule has 0 spiro atoms. The van der Waals surface area contributed by atoms with Crippen LogP contribution in [0.4, 0.5) is 4.39 Å². The van der Waals surface area contributed by atoms with Crippen LogP contribution in [-0.2, 0) is 14.4 Å². The number of halogens is 2. The average Bonchev–Trinajstić information content (AvgIpc) is 4.19. The van der Waals surface area contributed by atoms with Gasteiger partial charge >= 0.3 is 0 Å². The molecule has 2 aliphatic heterocycles. The summed E-state index contributed by atoms with van der Waals surface area (Å²) in [7, 11) is 0. The van der Waals surface area contributed by atoms with Crippen molar-refractivity contribution < 1.29 is 28.6 Å². The molecule has 1 aliphatic carbocycles. The summed E-state index contributed by atoms with van der Waals surface area (Å²) in [6.07, 6.45) is 3.34. The molecular weight excluding hydrogens is 985 g/mol. The zero-order valence-electron chi connectivity index (χ0n) is 41.6. The molecule has 5 atom stereocenters. The Morgan fingerprint density at radius 3 is 2.37 bits per heavy atom. The molecule has 10 rings (SSSR count). The van der Waals surface area contributed by atoms with E-state index in [4.69, 9.17) is 21.3 Å². The fourth-order valence-electron chi connectivity index (χ4n) is 10.2. The molecule has 3 aliphatic rings. The Bertz CT molecular complexity index is 3250. The largest absolute Gasteiger partial charge is 0.490 e. The third-order valence-corrected chi connectivity index (χ3v) is 16.7. The summed E-state index contributed by atoms with van der Waals surface area (Å²) >= 11 is 9.61. The van der Waals surface area contributed by atoms with Gasteiger partial charge in [0.05, 0.1) is 30.5 Å². The molecule has 6 heterocycles. The number of aliphatic hydroxyl groups is 1. The summed E-state index contributed by atoms with van der Waals surface area (Å²) in [6.45, 7) is 13.9. The predicted molar refractivity (Wildman–Crippen MR) is 282 cm³/mol. The number of hydrogen-bond donors (Lipinski definition) is 3. The van der Waals surface area contributed by atoms with Crippen molar-refractivity contribution >= 4 is 57.7 Å². The quantitative estimate of drug-likeness (QED) is 0.0967. The van der Waals surface area contributed by atoms with Crippen molar-refractivity contribution in [2.24, 2.45) is 10.9 Å². The maximum absolute atomic E-state index is 15.3. The summed E-state index contributed by atoms with van der Waals surface area (Å²) in [5.74, 6) is 0.0123. The van der Waals surface area contributed by atoms with Crippen LogP contribution in [0, 0.1) is 39.4 Å². The van der Waals surface area contributed by atoms with Crippen LogP contribution in [0.1, 0.15) is 109 Å². The van der Waals surface area contributed by atoms with Crippen LogP contribution in [-0.4, -0.2) is 88.8 Å². The number of nitrogens with one attached hydrogen (secondary N) is 2. The third-order valence-electron chi connectivity index (χ3n) is 14.2. The molecule has 0 radical (unpaired) electrons. The molecule has 4 aromatic heterocycles. The van der Waals surface area contributed by atoms with Crippen molar-refractivity contribution in [2.75, 3.05) is 6.54 Å². The summed E-state index contributed by atoms with van der Waals surface area (Å²) in [5, 5.41) is 34.2. The number of rotatable bonds is 14. The zero-order valence-corrected chi connectivity index (χ0v) is 44.0. The first-order valence-electron chi connectivity index (χ1n) is 24.6. The SMILES string of the molecule is Cc1ccsc1-c1ccc([C@H](C)NC(=O)[C@@H]2C[C@@H](O)CN2C(=O)C(C(C)C)n2cc(-c3cc(F)cc(OC4CC(NC(=O)C[C@@H]5N=C(c6ccc(Cl)cc6)c6c(sc(C)c6C)-n6c(C)nnc65)C4)c3)cn2)cc1. The zero-order chi connectivity index (χ0) is 51.4. The first kappa shape index (κ1) is 50.0. The number of aromatic nitrogens is 5. The second-order valence-electron chi connectivity index (χ2n) is 19.8. The number of hydrogen-bond acceptors (Lipinski definition) is 11. The molecule has 3 aromatic carbocycles. The van der Waals surface area contributed by atoms with Gasteiger partial charge in [0.2, 0.25) is 17.7 Å². The van der Waals surface area contributed by atoms with Crippen LogP contribution in [0.25, 0.3) is 26.6 Å². The number of aliphatic imine (C=N–C) groups is 1. The number of carbonyl (C=O) groups excluding carboxylic acids is 3. The van der Waals surface area contributed by atoms with Crippen LogP contribution in [0.15, 0.2) is 95.6 Å². The molecule has 1 saturated heterocycles. The van der Waals surface area contributed by atoms with Gasteiger partial charge in [-0.1, -0.05) is 61.8 Å². The smallest absolute Gasteiger partial charge is 0.248 e. The predicted octanol–water partition coefficient (Wildman–Crippen LogP) is 9.99. The Morgan fingerprint density at radius 1 is 0.918 bits per heavy atom. The Labute approximate surface area is 436 Å². The molecule has 1 saturated carbocycles. The van der Waals surface area contributed by atoms with E-state index in [1.807, 2.05) is 80.8 Å². The van der Waals surface area contributed by atoms with Gasteiger partial charge in [-0.3, -0.25) is 28.6 Å². The molecule has 14 nitrogen and oxygen atoms in total. The van der Waals surface area contributed by atoms with Crippen molar-refractivity contribution in [3.05, 3.63) is 146 Å². The second-order valence-corrected chi connectivity index (χ2v) is 22.4. The topological polar surface area (TPSA) is 169 Å². The average molecular weight is 1040 g/mol. The molecule has 73 heavy (non-hydrogen) atoms. The monoisotopic (exact) mass is 1040 g/mol. The number of nitrogens with zero attached hydrogens (tertiary/aromatic N) is 7. The van der Waals surface area contributed by atoms with Gasteiger partial charge in [-0.05, 0) is 104 Å². The van der Waals surface area contributed by atoms with E-state index in [-0.39, 0.29) is 61.2 Å². The molecule has 1 unspecified atom stereocenters. The lowest BCUT2D eigenvalue weighted by atomic mass is 9.89. The molecule has 2 fully saturated rings. The number of β-amino-alcohol motifs (C(OH)–C–C–N with tert-alkyl or cyclic N) is 1. The van der Waals surface area contributed by atoms with Gasteiger partial charge < -0.3 is 25.4 Å². The van der Waals surface area contributed by atoms with Crippen LogP contribution >= 0.6 is 34.3 Å². The molecule has 7 aromatic rings. The van der Waals surface area contributed by atoms with Crippen molar-refractivity contribution in [2.45, 2.75) is 117 Å². The Kier molecular flexibility index (Phi) is 14.0. The van der Waals surface area contributed by atoms with Gasteiger partial charge in [0.1, 0.15) is 46.6 Å². The summed E-state index contributed by atoms with van der Waals surface area (Å²) in [4.78, 5) is 51.1. The maximum Gasteiger partial charge on any atom is 0.248 e. The Balaban J connectivity index is 0.774. The normalized spacial score (nSPS) is 20.1. The van der Waals surface area contributed by atoms with E-state index < -0.39 is 30.0 Å². The minimum atomic E-state index is -0.877. The molecular formula is C55H57ClFN9O5S2. The number of fused-ring (bicyclic) bond motifs is 3. The van der Waals surface area contributed by atoms with Gasteiger partial charge in [-0.15, -0.1) is 32.9 Å². The lowest BCUT2D eigenvalue weighted by Crippen LogP contribution is -2.49. The number of ether oxygens (including phenoxy) is 1. The van der Waals surface area contributed by atoms with E-state index in [0.717, 1.165) is 43.4 Å². The lowest BCUT2D eigenvalue weighted by Gasteiger charge is -2.36. The number of aliphatic hydroxyl groups excluding tert-OH is 1. The number of carbonyl (C=O) groups is 3. The van der Waals surface area contributed by atoms with Gasteiger partial charge in [0, 0.05) is 75.6 Å². The van der Waals surface area contributed by atoms with E-state index in [2.05, 4.69) is 58.1 Å². The van der Waals surface area contributed by atoms with E-state index in [9.17, 15) is 19.5 Å². The van der Waals surface area contributed by atoms with Gasteiger partial charge in [0.15, 0.2) is 5.82 Å². The Morgan fingerprint density at radius 2 is 1.66 bits per heavy atom. The van der Waals surface area contributed by atoms with Gasteiger partial charge in [0.25, 0.3) is 0 Å². The van der Waals surface area contributed by atoms with Crippen molar-refractivity contribution in [1.29, 1.82) is 0 Å². The standard InChI is InChI=1S/C55H57ClFN9O5S2/c1-28(2)50(54(70)64-27-42(67)23-46(64)53(69)59-31(5)34-8-10-36(11-9-34)51-29(3)16-17-72-51)65-26-38(25-58-65)37-18-40(57)20-43(19-37)71-44-21-41(22-44)60-47(68)24-45-52-63-62-33(7)66(52)55-48(30(4)32(6)73-55)49(61-45)35-12-14-39(56)15-13-35/h8-20,25-26,28,31,41-42,44-46,50,67H,21-24,27H2,1-7H3,(H,59,69)(H,60,68)/t31-,41?,42+,44?,45-,46-,50?/m0/s1. The molecule has 3 amide bonds. The fraction of sp³-hybridized carbons (Fsp3) is 0.364. The second kappa shape index (κ2) is 20.4. The van der Waals surface area contributed by atoms with Crippen molar-refractivity contribution in [1.82, 2.24) is 40.1 Å². The van der Waals surface area contributed by atoms with Crippen LogP contribution < -0.4 is 15.4 Å². The van der Waals surface area contributed by atoms with E-state index >= 15 is 4.39 Å². The highest BCUT2D eigenvalue weighted by atomic mass is 35.5. The maximum atomic E-state index is 15.3. The summed E-state index contributed by atoms with van der Waals surface area (Å²) < 4.78 is 25.2. The van der Waals surface area contributed by atoms with Crippen LogP contribution in [0.2, 0.25) is 5.02 Å². The highest BCUT2D eigenvalue weighted by Gasteiger charge is 2.43. The van der Waals surface area contributed by atoms with E-state index in [1.165, 1.54) is 27.5 Å². The molecule has 18 heteroatoms. The first-order chi connectivity index (χ1) is 35.0. The number of benzene rings is 3. The summed E-state index contributed by atoms with van der Waals surface area (Å²) in [6, 6.07) is 19.4. The molecule has 378 valence electrons. The molecule has 0 bridgehead atoms. The van der Waals surface area contributed by atoms with Gasteiger partial charge in [-0.2, -0.15) is 5.10 Å². The lowest BCUT2D eigenvalue weighted by molar-refractivity contribution is -0.142.